The number of aryl methyl sites for hydroxylation is 3. The average Bonchev–Trinajstić information content (AvgIpc) is 3.07. The quantitative estimate of drug-likeness (QED) is 0.493. The summed E-state index contributed by atoms with van der Waals surface area (Å²) in [5, 5.41) is 3.63. The van der Waals surface area contributed by atoms with E-state index in [2.05, 4.69) is 16.0 Å². The molecule has 0 radical (unpaired) electrons. The molecule has 0 fully saturated rings. The number of benzene rings is 2. The molecule has 30 heavy (non-hydrogen) atoms. The van der Waals surface area contributed by atoms with Gasteiger partial charge in [-0.3, -0.25) is 4.79 Å². The van der Waals surface area contributed by atoms with E-state index in [0.717, 1.165) is 51.6 Å². The third-order valence-electron chi connectivity index (χ3n) is 4.90. The number of hydrogen-bond donors (Lipinski definition) is 1. The first-order valence-corrected chi connectivity index (χ1v) is 10.5. The minimum atomic E-state index is -0.104. The number of nitrogens with zero attached hydrogens (tertiary/aromatic N) is 2. The molecule has 3 aromatic rings. The van der Waals surface area contributed by atoms with Gasteiger partial charge >= 0.3 is 0 Å². The number of methoxy groups -OCH3 is 1. The standard InChI is InChI=1S/C23H28ClN3O3/c1-16-13-18(14-17(2)23(16)24)30-12-11-27-20-8-5-4-7-19(20)26-21(27)9-6-10-25-22(28)15-29-3/h4-5,7-8,13-14H,6,9-12,15H2,1-3H3,(H,25,28). The van der Waals surface area contributed by atoms with Crippen LogP contribution in [0.25, 0.3) is 11.0 Å². The van der Waals surface area contributed by atoms with Gasteiger partial charge in [-0.2, -0.15) is 0 Å². The van der Waals surface area contributed by atoms with Crippen molar-refractivity contribution in [2.24, 2.45) is 0 Å². The molecule has 1 amide bonds. The molecular formula is C23H28ClN3O3. The Bertz CT molecular complexity index is 993. The normalized spacial score (nSPS) is 11.1. The Labute approximate surface area is 182 Å². The number of para-hydroxylation sites is 2. The van der Waals surface area contributed by atoms with Gasteiger partial charge in [-0.05, 0) is 55.7 Å². The number of hydrogen-bond acceptors (Lipinski definition) is 4. The Morgan fingerprint density at radius 3 is 2.67 bits per heavy atom. The number of carbonyl (C=O) groups is 1. The van der Waals surface area contributed by atoms with Crippen LogP contribution in [0.4, 0.5) is 0 Å². The summed E-state index contributed by atoms with van der Waals surface area (Å²) in [7, 11) is 1.51. The Balaban J connectivity index is 1.65. The second-order valence-electron chi connectivity index (χ2n) is 7.27. The zero-order valence-electron chi connectivity index (χ0n) is 17.7. The van der Waals surface area contributed by atoms with E-state index in [1.165, 1.54) is 7.11 Å². The molecule has 0 saturated carbocycles. The maximum absolute atomic E-state index is 11.5. The van der Waals surface area contributed by atoms with Crippen LogP contribution < -0.4 is 10.1 Å². The fraction of sp³-hybridized carbons (Fsp3) is 0.391. The Hall–Kier alpha value is -2.57. The van der Waals surface area contributed by atoms with Crippen molar-refractivity contribution in [1.29, 1.82) is 0 Å². The lowest BCUT2D eigenvalue weighted by Crippen LogP contribution is -2.28. The highest BCUT2D eigenvalue weighted by molar-refractivity contribution is 6.32. The maximum Gasteiger partial charge on any atom is 0.245 e. The monoisotopic (exact) mass is 429 g/mol. The van der Waals surface area contributed by atoms with Gasteiger partial charge in [0.25, 0.3) is 0 Å². The molecule has 3 rings (SSSR count). The van der Waals surface area contributed by atoms with E-state index < -0.39 is 0 Å². The van der Waals surface area contributed by atoms with Crippen molar-refractivity contribution in [2.75, 3.05) is 26.9 Å². The van der Waals surface area contributed by atoms with E-state index in [9.17, 15) is 4.79 Å². The van der Waals surface area contributed by atoms with Crippen LogP contribution in [0, 0.1) is 13.8 Å². The van der Waals surface area contributed by atoms with E-state index in [4.69, 9.17) is 26.1 Å². The number of imidazole rings is 1. The van der Waals surface area contributed by atoms with Crippen molar-refractivity contribution < 1.29 is 14.3 Å². The third-order valence-corrected chi connectivity index (χ3v) is 5.50. The summed E-state index contributed by atoms with van der Waals surface area (Å²) in [6.45, 7) is 5.85. The molecule has 7 heteroatoms. The van der Waals surface area contributed by atoms with Gasteiger partial charge < -0.3 is 19.4 Å². The van der Waals surface area contributed by atoms with Gasteiger partial charge in [0.15, 0.2) is 0 Å². The van der Waals surface area contributed by atoms with Crippen LogP contribution in [0.1, 0.15) is 23.4 Å². The van der Waals surface area contributed by atoms with E-state index in [0.29, 0.717) is 19.7 Å². The van der Waals surface area contributed by atoms with Gasteiger partial charge in [-0.15, -0.1) is 0 Å². The first-order chi connectivity index (χ1) is 14.5. The number of aromatic nitrogens is 2. The molecule has 1 aromatic heterocycles. The first-order valence-electron chi connectivity index (χ1n) is 10.1. The highest BCUT2D eigenvalue weighted by Crippen LogP contribution is 2.26. The zero-order valence-corrected chi connectivity index (χ0v) is 18.5. The number of ether oxygens (including phenoxy) is 2. The van der Waals surface area contributed by atoms with E-state index >= 15 is 0 Å². The molecule has 160 valence electrons. The lowest BCUT2D eigenvalue weighted by Gasteiger charge is -2.13. The summed E-state index contributed by atoms with van der Waals surface area (Å²) >= 11 is 6.25. The molecular weight excluding hydrogens is 402 g/mol. The van der Waals surface area contributed by atoms with E-state index in [1.807, 2.05) is 44.2 Å². The maximum atomic E-state index is 11.5. The average molecular weight is 430 g/mol. The van der Waals surface area contributed by atoms with Crippen molar-refractivity contribution in [3.05, 3.63) is 58.4 Å². The summed E-state index contributed by atoms with van der Waals surface area (Å²) < 4.78 is 13.0. The highest BCUT2D eigenvalue weighted by Gasteiger charge is 2.11. The number of rotatable bonds is 10. The molecule has 6 nitrogen and oxygen atoms in total. The van der Waals surface area contributed by atoms with Crippen molar-refractivity contribution in [3.8, 4) is 5.75 Å². The summed E-state index contributed by atoms with van der Waals surface area (Å²) in [4.78, 5) is 16.3. The fourth-order valence-electron chi connectivity index (χ4n) is 3.47. The lowest BCUT2D eigenvalue weighted by atomic mass is 10.1. The largest absolute Gasteiger partial charge is 0.492 e. The molecule has 2 aromatic carbocycles. The second kappa shape index (κ2) is 10.5. The number of amides is 1. The number of nitrogens with one attached hydrogen (secondary N) is 1. The second-order valence-corrected chi connectivity index (χ2v) is 7.65. The minimum absolute atomic E-state index is 0.0828. The lowest BCUT2D eigenvalue weighted by molar-refractivity contribution is -0.124. The topological polar surface area (TPSA) is 65.4 Å². The van der Waals surface area contributed by atoms with Crippen molar-refractivity contribution in [1.82, 2.24) is 14.9 Å². The molecule has 0 bridgehead atoms. The van der Waals surface area contributed by atoms with E-state index in [1.54, 1.807) is 0 Å². The van der Waals surface area contributed by atoms with Gasteiger partial charge in [-0.25, -0.2) is 4.98 Å². The minimum Gasteiger partial charge on any atom is -0.492 e. The molecule has 0 aliphatic rings. The predicted octanol–water partition coefficient (Wildman–Crippen LogP) is 4.08. The Morgan fingerprint density at radius 1 is 1.20 bits per heavy atom. The molecule has 1 heterocycles. The van der Waals surface area contributed by atoms with Gasteiger partial charge in [0, 0.05) is 25.1 Å². The molecule has 0 spiro atoms. The van der Waals surface area contributed by atoms with Crippen LogP contribution in [-0.2, 0) is 22.5 Å². The molecule has 0 saturated heterocycles. The molecule has 0 unspecified atom stereocenters. The van der Waals surface area contributed by atoms with Crippen molar-refractivity contribution >= 4 is 28.5 Å². The molecule has 1 N–H and O–H groups in total. The van der Waals surface area contributed by atoms with Crippen LogP contribution in [0.15, 0.2) is 36.4 Å². The van der Waals surface area contributed by atoms with Crippen molar-refractivity contribution in [3.63, 3.8) is 0 Å². The van der Waals surface area contributed by atoms with Crippen LogP contribution in [0.3, 0.4) is 0 Å². The van der Waals surface area contributed by atoms with Gasteiger partial charge in [-0.1, -0.05) is 23.7 Å². The summed E-state index contributed by atoms with van der Waals surface area (Å²) in [6.07, 6.45) is 1.57. The summed E-state index contributed by atoms with van der Waals surface area (Å²) in [6, 6.07) is 12.0. The van der Waals surface area contributed by atoms with Crippen molar-refractivity contribution in [2.45, 2.75) is 33.2 Å². The number of halogens is 1. The molecule has 0 atom stereocenters. The fourth-order valence-corrected chi connectivity index (χ4v) is 3.58. The molecule has 0 aliphatic carbocycles. The van der Waals surface area contributed by atoms with Crippen LogP contribution in [-0.4, -0.2) is 42.3 Å². The van der Waals surface area contributed by atoms with Crippen LogP contribution in [0.2, 0.25) is 5.02 Å². The Morgan fingerprint density at radius 2 is 1.93 bits per heavy atom. The van der Waals surface area contributed by atoms with Crippen LogP contribution >= 0.6 is 11.6 Å². The highest BCUT2D eigenvalue weighted by atomic mass is 35.5. The third kappa shape index (κ3) is 5.52. The summed E-state index contributed by atoms with van der Waals surface area (Å²) in [5.41, 5.74) is 4.07. The number of fused-ring (bicyclic) bond motifs is 1. The zero-order chi connectivity index (χ0) is 21.5. The van der Waals surface area contributed by atoms with E-state index in [-0.39, 0.29) is 12.5 Å². The van der Waals surface area contributed by atoms with Gasteiger partial charge in [0.1, 0.15) is 24.8 Å². The smallest absolute Gasteiger partial charge is 0.245 e. The Kier molecular flexibility index (Phi) is 7.71. The number of carbonyl (C=O) groups excluding carboxylic acids is 1. The summed E-state index contributed by atoms with van der Waals surface area (Å²) in [5.74, 6) is 1.71. The predicted molar refractivity (Wildman–Crippen MR) is 119 cm³/mol. The van der Waals surface area contributed by atoms with Gasteiger partial charge in [0.2, 0.25) is 5.91 Å². The van der Waals surface area contributed by atoms with Crippen LogP contribution in [0.5, 0.6) is 5.75 Å². The first kappa shape index (κ1) is 22.1. The SMILES string of the molecule is COCC(=O)NCCCc1nc2ccccc2n1CCOc1cc(C)c(Cl)c(C)c1. The van der Waals surface area contributed by atoms with Gasteiger partial charge in [0.05, 0.1) is 17.6 Å². The molecule has 0 aliphatic heterocycles.